The zero-order valence-electron chi connectivity index (χ0n) is 13.8. The first-order valence-corrected chi connectivity index (χ1v) is 8.25. The van der Waals surface area contributed by atoms with Gasteiger partial charge in [0.25, 0.3) is 0 Å². The Morgan fingerprint density at radius 3 is 2.83 bits per heavy atom. The third kappa shape index (κ3) is 4.71. The molecule has 1 N–H and O–H groups in total. The van der Waals surface area contributed by atoms with Gasteiger partial charge in [0.1, 0.15) is 5.75 Å². The number of benzene rings is 1. The van der Waals surface area contributed by atoms with Crippen LogP contribution >= 0.6 is 0 Å². The number of piperidine rings is 1. The summed E-state index contributed by atoms with van der Waals surface area (Å²) in [5, 5.41) is 9.18. The SMILES string of the molecule is CCCOc1cccc(CC(=O)N2CC(C(=O)O)CCC2C)c1. The summed E-state index contributed by atoms with van der Waals surface area (Å²) in [6, 6.07) is 7.65. The Hall–Kier alpha value is -2.04. The lowest BCUT2D eigenvalue weighted by Crippen LogP contribution is -2.47. The van der Waals surface area contributed by atoms with E-state index in [2.05, 4.69) is 0 Å². The minimum atomic E-state index is -0.815. The number of amides is 1. The van der Waals surface area contributed by atoms with Crippen molar-refractivity contribution in [3.05, 3.63) is 29.8 Å². The Balaban J connectivity index is 2.01. The summed E-state index contributed by atoms with van der Waals surface area (Å²) in [7, 11) is 0. The number of likely N-dealkylation sites (tertiary alicyclic amines) is 1. The van der Waals surface area contributed by atoms with E-state index in [1.54, 1.807) is 4.90 Å². The number of rotatable bonds is 6. The van der Waals surface area contributed by atoms with Crippen molar-refractivity contribution in [1.82, 2.24) is 4.90 Å². The molecule has 1 saturated heterocycles. The Morgan fingerprint density at radius 2 is 2.13 bits per heavy atom. The van der Waals surface area contributed by atoms with Crippen molar-refractivity contribution in [2.24, 2.45) is 5.92 Å². The van der Waals surface area contributed by atoms with Gasteiger partial charge in [-0.2, -0.15) is 0 Å². The number of nitrogens with zero attached hydrogens (tertiary/aromatic N) is 1. The highest BCUT2D eigenvalue weighted by atomic mass is 16.5. The van der Waals surface area contributed by atoms with Crippen LogP contribution in [-0.2, 0) is 16.0 Å². The van der Waals surface area contributed by atoms with Gasteiger partial charge in [0.15, 0.2) is 0 Å². The molecule has 0 bridgehead atoms. The Morgan fingerprint density at radius 1 is 1.35 bits per heavy atom. The van der Waals surface area contributed by atoms with Crippen molar-refractivity contribution >= 4 is 11.9 Å². The molecule has 2 rings (SSSR count). The van der Waals surface area contributed by atoms with Gasteiger partial charge < -0.3 is 14.7 Å². The average Bonchev–Trinajstić information content (AvgIpc) is 2.53. The van der Waals surface area contributed by atoms with Gasteiger partial charge in [-0.05, 0) is 43.9 Å². The van der Waals surface area contributed by atoms with Gasteiger partial charge in [-0.15, -0.1) is 0 Å². The fraction of sp³-hybridized carbons (Fsp3) is 0.556. The van der Waals surface area contributed by atoms with Crippen molar-refractivity contribution in [3.63, 3.8) is 0 Å². The quantitative estimate of drug-likeness (QED) is 0.875. The normalized spacial score (nSPS) is 21.0. The molecule has 0 saturated carbocycles. The van der Waals surface area contributed by atoms with E-state index in [1.807, 2.05) is 38.1 Å². The van der Waals surface area contributed by atoms with Gasteiger partial charge in [-0.1, -0.05) is 19.1 Å². The van der Waals surface area contributed by atoms with Gasteiger partial charge in [0.2, 0.25) is 5.91 Å². The molecular formula is C18H25NO4. The second-order valence-corrected chi connectivity index (χ2v) is 6.18. The minimum absolute atomic E-state index is 0.0175. The van der Waals surface area contributed by atoms with Crippen LogP contribution in [0.4, 0.5) is 0 Å². The topological polar surface area (TPSA) is 66.8 Å². The third-order valence-electron chi connectivity index (χ3n) is 4.28. The molecule has 0 spiro atoms. The van der Waals surface area contributed by atoms with Crippen molar-refractivity contribution < 1.29 is 19.4 Å². The highest BCUT2D eigenvalue weighted by Crippen LogP contribution is 2.23. The van der Waals surface area contributed by atoms with E-state index in [4.69, 9.17) is 4.74 Å². The van der Waals surface area contributed by atoms with Crippen LogP contribution in [0.15, 0.2) is 24.3 Å². The highest BCUT2D eigenvalue weighted by Gasteiger charge is 2.32. The van der Waals surface area contributed by atoms with E-state index < -0.39 is 11.9 Å². The summed E-state index contributed by atoms with van der Waals surface area (Å²) in [5.74, 6) is -0.512. The van der Waals surface area contributed by atoms with Gasteiger partial charge in [-0.3, -0.25) is 9.59 Å². The zero-order valence-corrected chi connectivity index (χ0v) is 13.8. The molecule has 0 aliphatic carbocycles. The number of ether oxygens (including phenoxy) is 1. The van der Waals surface area contributed by atoms with Crippen LogP contribution in [0, 0.1) is 5.92 Å². The van der Waals surface area contributed by atoms with E-state index in [1.165, 1.54) is 0 Å². The maximum Gasteiger partial charge on any atom is 0.308 e. The molecule has 0 aromatic heterocycles. The van der Waals surface area contributed by atoms with Gasteiger partial charge in [-0.25, -0.2) is 0 Å². The highest BCUT2D eigenvalue weighted by molar-refractivity contribution is 5.80. The number of aliphatic carboxylic acids is 1. The molecule has 1 amide bonds. The molecule has 2 atom stereocenters. The molecule has 2 unspecified atom stereocenters. The second-order valence-electron chi connectivity index (χ2n) is 6.18. The lowest BCUT2D eigenvalue weighted by molar-refractivity contribution is -0.146. The van der Waals surface area contributed by atoms with Gasteiger partial charge in [0, 0.05) is 12.6 Å². The third-order valence-corrected chi connectivity index (χ3v) is 4.28. The fourth-order valence-electron chi connectivity index (χ4n) is 2.90. The van der Waals surface area contributed by atoms with Crippen LogP contribution in [0.3, 0.4) is 0 Å². The predicted octanol–water partition coefficient (Wildman–Crippen LogP) is 2.73. The van der Waals surface area contributed by atoms with Crippen molar-refractivity contribution in [2.75, 3.05) is 13.2 Å². The zero-order chi connectivity index (χ0) is 16.8. The molecule has 0 radical (unpaired) electrons. The number of carboxylic acid groups (broad SMARTS) is 1. The molecule has 1 aliphatic heterocycles. The summed E-state index contributed by atoms with van der Waals surface area (Å²) in [4.78, 5) is 25.5. The fourth-order valence-corrected chi connectivity index (χ4v) is 2.90. The molecule has 23 heavy (non-hydrogen) atoms. The Kier molecular flexibility index (Phi) is 6.02. The van der Waals surface area contributed by atoms with Crippen molar-refractivity contribution in [3.8, 4) is 5.75 Å². The summed E-state index contributed by atoms with van der Waals surface area (Å²) in [6.45, 7) is 4.99. The lowest BCUT2D eigenvalue weighted by atomic mass is 9.93. The monoisotopic (exact) mass is 319 g/mol. The molecule has 1 aromatic rings. The first kappa shape index (κ1) is 17.3. The van der Waals surface area contributed by atoms with E-state index in [9.17, 15) is 14.7 Å². The number of hydrogen-bond acceptors (Lipinski definition) is 3. The van der Waals surface area contributed by atoms with Gasteiger partial charge in [0.05, 0.1) is 18.9 Å². The standard InChI is InChI=1S/C18H25NO4/c1-3-9-23-16-6-4-5-14(10-16)11-17(20)19-12-15(18(21)22)8-7-13(19)2/h4-6,10,13,15H,3,7-9,11-12H2,1-2H3,(H,21,22). The largest absolute Gasteiger partial charge is 0.494 e. The van der Waals surface area contributed by atoms with Crippen LogP contribution in [0.1, 0.15) is 38.7 Å². The smallest absolute Gasteiger partial charge is 0.308 e. The molecule has 1 aromatic carbocycles. The van der Waals surface area contributed by atoms with Crippen molar-refractivity contribution in [2.45, 2.75) is 45.6 Å². The molecule has 1 fully saturated rings. The Bertz CT molecular complexity index is 558. The summed E-state index contributed by atoms with van der Waals surface area (Å²) in [6.07, 6.45) is 2.59. The van der Waals surface area contributed by atoms with E-state index in [-0.39, 0.29) is 18.4 Å². The van der Waals surface area contributed by atoms with E-state index in [0.29, 0.717) is 19.6 Å². The van der Waals surface area contributed by atoms with Crippen LogP contribution in [0.5, 0.6) is 5.75 Å². The number of hydrogen-bond donors (Lipinski definition) is 1. The first-order valence-electron chi connectivity index (χ1n) is 8.25. The lowest BCUT2D eigenvalue weighted by Gasteiger charge is -2.36. The Labute approximate surface area is 137 Å². The van der Waals surface area contributed by atoms with Crippen LogP contribution in [0.2, 0.25) is 0 Å². The van der Waals surface area contributed by atoms with Crippen LogP contribution in [0.25, 0.3) is 0 Å². The van der Waals surface area contributed by atoms with E-state index >= 15 is 0 Å². The van der Waals surface area contributed by atoms with Crippen LogP contribution < -0.4 is 4.74 Å². The maximum absolute atomic E-state index is 12.6. The van der Waals surface area contributed by atoms with E-state index in [0.717, 1.165) is 24.2 Å². The minimum Gasteiger partial charge on any atom is -0.494 e. The predicted molar refractivity (Wildman–Crippen MR) is 87.5 cm³/mol. The number of carbonyl (C=O) groups excluding carboxylic acids is 1. The summed E-state index contributed by atoms with van der Waals surface area (Å²) in [5.41, 5.74) is 0.897. The molecular weight excluding hydrogens is 294 g/mol. The summed E-state index contributed by atoms with van der Waals surface area (Å²) < 4.78 is 5.59. The number of carboxylic acids is 1. The number of carbonyl (C=O) groups is 2. The summed E-state index contributed by atoms with van der Waals surface area (Å²) >= 11 is 0. The molecule has 5 nitrogen and oxygen atoms in total. The molecule has 126 valence electrons. The average molecular weight is 319 g/mol. The molecule has 1 aliphatic rings. The molecule has 1 heterocycles. The molecule has 5 heteroatoms. The van der Waals surface area contributed by atoms with Crippen LogP contribution in [-0.4, -0.2) is 41.1 Å². The van der Waals surface area contributed by atoms with Crippen molar-refractivity contribution in [1.29, 1.82) is 0 Å². The second kappa shape index (κ2) is 7.99. The first-order chi connectivity index (χ1) is 11.0. The maximum atomic E-state index is 12.6. The van der Waals surface area contributed by atoms with Gasteiger partial charge >= 0.3 is 5.97 Å².